The summed E-state index contributed by atoms with van der Waals surface area (Å²) in [6.45, 7) is 5.95. The first-order valence-corrected chi connectivity index (χ1v) is 6.58. The molecule has 7 nitrogen and oxygen atoms in total. The zero-order valence-electron chi connectivity index (χ0n) is 12.3. The Morgan fingerprint density at radius 1 is 1.45 bits per heavy atom. The third kappa shape index (κ3) is 4.05. The monoisotopic (exact) mass is 278 g/mol. The predicted octanol–water partition coefficient (Wildman–Crippen LogP) is 1.25. The molecule has 3 N–H and O–H groups in total. The van der Waals surface area contributed by atoms with Crippen molar-refractivity contribution in [2.75, 3.05) is 37.1 Å². The molecule has 1 rings (SSSR count). The average molecular weight is 278 g/mol. The number of nitrogens with two attached hydrogens (primary N) is 1. The third-order valence-electron chi connectivity index (χ3n) is 2.94. The van der Waals surface area contributed by atoms with E-state index in [0.29, 0.717) is 31.9 Å². The van der Waals surface area contributed by atoms with E-state index in [1.165, 1.54) is 6.33 Å². The Kier molecular flexibility index (Phi) is 6.70. The number of hydrazine groups is 1. The molecule has 110 valence electrons. The summed E-state index contributed by atoms with van der Waals surface area (Å²) in [6.07, 6.45) is 1.90. The van der Waals surface area contributed by atoms with Crippen LogP contribution in [0.3, 0.4) is 0 Å². The Balaban J connectivity index is 3.13. The number of rotatable bonds is 8. The second-order valence-electron chi connectivity index (χ2n) is 4.65. The van der Waals surface area contributed by atoms with Crippen molar-refractivity contribution >= 4 is 11.6 Å². The minimum Gasteiger partial charge on any atom is -0.383 e. The van der Waals surface area contributed by atoms with Crippen LogP contribution in [0, 0.1) is 11.3 Å². The molecule has 0 aliphatic heterocycles. The molecule has 7 heteroatoms. The van der Waals surface area contributed by atoms with Gasteiger partial charge in [-0.15, -0.1) is 0 Å². The molecule has 20 heavy (non-hydrogen) atoms. The van der Waals surface area contributed by atoms with Crippen molar-refractivity contribution in [1.29, 1.82) is 5.26 Å². The third-order valence-corrected chi connectivity index (χ3v) is 2.94. The fourth-order valence-corrected chi connectivity index (χ4v) is 1.99. The predicted molar refractivity (Wildman–Crippen MR) is 78.3 cm³/mol. The van der Waals surface area contributed by atoms with E-state index >= 15 is 0 Å². The number of aromatic nitrogens is 2. The van der Waals surface area contributed by atoms with Gasteiger partial charge in [-0.1, -0.05) is 13.8 Å². The summed E-state index contributed by atoms with van der Waals surface area (Å²) in [7, 11) is 1.65. The zero-order chi connectivity index (χ0) is 15.0. The lowest BCUT2D eigenvalue weighted by molar-refractivity contribution is 0.205. The van der Waals surface area contributed by atoms with Crippen LogP contribution in [0.2, 0.25) is 0 Å². The fraction of sp³-hybridized carbons (Fsp3) is 0.615. The number of hydrogen-bond donors (Lipinski definition) is 2. The maximum absolute atomic E-state index is 8.79. The van der Waals surface area contributed by atoms with Gasteiger partial charge in [0.15, 0.2) is 0 Å². The van der Waals surface area contributed by atoms with Crippen molar-refractivity contribution in [2.45, 2.75) is 26.2 Å². The minimum absolute atomic E-state index is 0.212. The van der Waals surface area contributed by atoms with Gasteiger partial charge in [0.05, 0.1) is 19.1 Å². The van der Waals surface area contributed by atoms with Crippen LogP contribution in [0.5, 0.6) is 0 Å². The molecule has 1 aromatic rings. The van der Waals surface area contributed by atoms with Crippen LogP contribution >= 0.6 is 0 Å². The molecule has 0 aliphatic carbocycles. The normalized spacial score (nSPS) is 10.4. The number of nitrogens with one attached hydrogen (secondary N) is 1. The Morgan fingerprint density at radius 3 is 2.75 bits per heavy atom. The molecule has 0 amide bonds. The second-order valence-corrected chi connectivity index (χ2v) is 4.65. The van der Waals surface area contributed by atoms with Crippen LogP contribution in [0.1, 0.15) is 31.7 Å². The zero-order valence-corrected chi connectivity index (χ0v) is 12.3. The average Bonchev–Trinajstić information content (AvgIpc) is 2.46. The molecule has 0 aromatic carbocycles. The van der Waals surface area contributed by atoms with Crippen LogP contribution in [-0.2, 0) is 4.74 Å². The quantitative estimate of drug-likeness (QED) is 0.545. The summed E-state index contributed by atoms with van der Waals surface area (Å²) >= 11 is 0. The van der Waals surface area contributed by atoms with Crippen molar-refractivity contribution < 1.29 is 4.74 Å². The molecule has 1 aromatic heterocycles. The molecular weight excluding hydrogens is 256 g/mol. The molecule has 0 unspecified atom stereocenters. The highest BCUT2D eigenvalue weighted by atomic mass is 16.5. The number of methoxy groups -OCH3 is 1. The van der Waals surface area contributed by atoms with E-state index in [4.69, 9.17) is 15.8 Å². The van der Waals surface area contributed by atoms with E-state index in [1.54, 1.807) is 7.11 Å². The topological polar surface area (TPSA) is 100 Å². The van der Waals surface area contributed by atoms with Crippen molar-refractivity contribution in [1.82, 2.24) is 9.97 Å². The molecule has 0 aliphatic rings. The SMILES string of the molecule is COCCN(CCC#N)c1ncnc(NN)c1C(C)C. The van der Waals surface area contributed by atoms with E-state index in [2.05, 4.69) is 35.3 Å². The Hall–Kier alpha value is -1.91. The lowest BCUT2D eigenvalue weighted by Crippen LogP contribution is -2.31. The molecular formula is C13H22N6O. The number of nitriles is 1. The fourth-order valence-electron chi connectivity index (χ4n) is 1.99. The van der Waals surface area contributed by atoms with Gasteiger partial charge in [0.2, 0.25) is 0 Å². The molecule has 1 heterocycles. The minimum atomic E-state index is 0.212. The largest absolute Gasteiger partial charge is 0.383 e. The summed E-state index contributed by atoms with van der Waals surface area (Å²) in [5.74, 6) is 7.15. The van der Waals surface area contributed by atoms with Crippen molar-refractivity contribution in [3.63, 3.8) is 0 Å². The van der Waals surface area contributed by atoms with Gasteiger partial charge in [-0.3, -0.25) is 0 Å². The number of hydrogen-bond acceptors (Lipinski definition) is 7. The summed E-state index contributed by atoms with van der Waals surface area (Å²) in [5, 5.41) is 8.79. The first-order chi connectivity index (χ1) is 9.65. The molecule has 0 bridgehead atoms. The summed E-state index contributed by atoms with van der Waals surface area (Å²) in [6, 6.07) is 2.16. The van der Waals surface area contributed by atoms with Gasteiger partial charge in [-0.2, -0.15) is 5.26 Å². The maximum atomic E-state index is 8.79. The lowest BCUT2D eigenvalue weighted by Gasteiger charge is -2.26. The van der Waals surface area contributed by atoms with Gasteiger partial charge in [-0.05, 0) is 5.92 Å². The van der Waals surface area contributed by atoms with Crippen molar-refractivity contribution in [3.8, 4) is 6.07 Å². The molecule has 0 spiro atoms. The molecule has 0 saturated heterocycles. The maximum Gasteiger partial charge on any atom is 0.148 e. The van der Waals surface area contributed by atoms with Crippen LogP contribution in [0.4, 0.5) is 11.6 Å². The summed E-state index contributed by atoms with van der Waals surface area (Å²) in [4.78, 5) is 10.6. The molecule has 0 radical (unpaired) electrons. The number of nitrogens with zero attached hydrogens (tertiary/aromatic N) is 4. The Bertz CT molecular complexity index is 457. The van der Waals surface area contributed by atoms with Gasteiger partial charge >= 0.3 is 0 Å². The van der Waals surface area contributed by atoms with E-state index in [0.717, 1.165) is 11.4 Å². The smallest absolute Gasteiger partial charge is 0.148 e. The van der Waals surface area contributed by atoms with E-state index in [-0.39, 0.29) is 5.92 Å². The van der Waals surface area contributed by atoms with Crippen LogP contribution in [0.15, 0.2) is 6.33 Å². The van der Waals surface area contributed by atoms with Gasteiger partial charge in [0.1, 0.15) is 18.0 Å². The lowest BCUT2D eigenvalue weighted by atomic mass is 10.0. The van der Waals surface area contributed by atoms with Crippen LogP contribution in [0.25, 0.3) is 0 Å². The van der Waals surface area contributed by atoms with E-state index < -0.39 is 0 Å². The summed E-state index contributed by atoms with van der Waals surface area (Å²) in [5.41, 5.74) is 3.56. The first-order valence-electron chi connectivity index (χ1n) is 6.58. The molecule has 0 atom stereocenters. The number of nitrogen functional groups attached to an aromatic ring is 1. The number of ether oxygens (including phenoxy) is 1. The highest BCUT2D eigenvalue weighted by Gasteiger charge is 2.19. The van der Waals surface area contributed by atoms with E-state index in [9.17, 15) is 0 Å². The molecule has 0 fully saturated rings. The second kappa shape index (κ2) is 8.30. The first kappa shape index (κ1) is 16.1. The van der Waals surface area contributed by atoms with Crippen molar-refractivity contribution in [2.24, 2.45) is 5.84 Å². The highest BCUT2D eigenvalue weighted by Crippen LogP contribution is 2.30. The summed E-state index contributed by atoms with van der Waals surface area (Å²) < 4.78 is 5.12. The van der Waals surface area contributed by atoms with Crippen LogP contribution in [-0.4, -0.2) is 36.8 Å². The number of anilines is 2. The van der Waals surface area contributed by atoms with Gasteiger partial charge in [0.25, 0.3) is 0 Å². The van der Waals surface area contributed by atoms with Gasteiger partial charge < -0.3 is 15.1 Å². The van der Waals surface area contributed by atoms with Gasteiger partial charge in [0, 0.05) is 25.8 Å². The Labute approximate surface area is 119 Å². The highest BCUT2D eigenvalue weighted by molar-refractivity contribution is 5.59. The Morgan fingerprint density at radius 2 is 2.20 bits per heavy atom. The molecule has 0 saturated carbocycles. The van der Waals surface area contributed by atoms with Crippen LogP contribution < -0.4 is 16.2 Å². The van der Waals surface area contributed by atoms with Crippen molar-refractivity contribution in [3.05, 3.63) is 11.9 Å². The van der Waals surface area contributed by atoms with Gasteiger partial charge in [-0.25, -0.2) is 15.8 Å². The standard InChI is InChI=1S/C13H22N6O/c1-10(2)11-12(18-15)16-9-17-13(11)19(6-4-5-14)7-8-20-3/h9-10H,4,6-8,15H2,1-3H3,(H,16,17,18). The van der Waals surface area contributed by atoms with E-state index in [1.807, 2.05) is 4.90 Å².